The number of hydrogen-bond acceptors (Lipinski definition) is 6. The molecule has 0 saturated carbocycles. The lowest BCUT2D eigenvalue weighted by Crippen LogP contribution is -2.32. The summed E-state index contributed by atoms with van der Waals surface area (Å²) in [6, 6.07) is 0. The van der Waals surface area contributed by atoms with Gasteiger partial charge in [-0.1, -0.05) is 0 Å². The van der Waals surface area contributed by atoms with Gasteiger partial charge in [-0.2, -0.15) is 15.0 Å². The number of aliphatic hydroxyl groups excluding tert-OH is 1. The van der Waals surface area contributed by atoms with Gasteiger partial charge in [0.2, 0.25) is 17.2 Å². The van der Waals surface area contributed by atoms with Gasteiger partial charge in [0.25, 0.3) is 5.92 Å². The third-order valence-corrected chi connectivity index (χ3v) is 2.89. The zero-order valence-electron chi connectivity index (χ0n) is 10.1. The van der Waals surface area contributed by atoms with Crippen LogP contribution in [0.1, 0.15) is 12.8 Å². The highest BCUT2D eigenvalue weighted by Crippen LogP contribution is 2.19. The monoisotopic (exact) mass is 293 g/mol. The van der Waals surface area contributed by atoms with E-state index in [0.29, 0.717) is 5.95 Å². The highest BCUT2D eigenvalue weighted by atomic mass is 35.5. The molecule has 1 aliphatic rings. The van der Waals surface area contributed by atoms with Crippen LogP contribution in [0.2, 0.25) is 5.28 Å². The molecular weight excluding hydrogens is 280 g/mol. The molecule has 6 nitrogen and oxygen atoms in total. The minimum absolute atomic E-state index is 0.0185. The van der Waals surface area contributed by atoms with E-state index in [9.17, 15) is 8.78 Å². The first-order valence-electron chi connectivity index (χ1n) is 5.89. The smallest absolute Gasteiger partial charge is 0.287 e. The Morgan fingerprint density at radius 3 is 2.58 bits per heavy atom. The van der Waals surface area contributed by atoms with Gasteiger partial charge in [0.1, 0.15) is 6.61 Å². The maximum Gasteiger partial charge on any atom is 0.287 e. The zero-order valence-corrected chi connectivity index (χ0v) is 10.9. The van der Waals surface area contributed by atoms with Crippen molar-refractivity contribution >= 4 is 23.5 Å². The Hall–Kier alpha value is -1.28. The highest BCUT2D eigenvalue weighted by molar-refractivity contribution is 6.28. The van der Waals surface area contributed by atoms with E-state index < -0.39 is 19.1 Å². The van der Waals surface area contributed by atoms with Crippen LogP contribution >= 0.6 is 11.6 Å². The van der Waals surface area contributed by atoms with Crippen LogP contribution in [-0.4, -0.2) is 52.2 Å². The molecule has 0 amide bonds. The molecule has 106 valence electrons. The third-order valence-electron chi connectivity index (χ3n) is 2.72. The van der Waals surface area contributed by atoms with E-state index in [1.165, 1.54) is 0 Å². The minimum Gasteiger partial charge on any atom is -0.390 e. The maximum atomic E-state index is 12.9. The maximum absolute atomic E-state index is 12.9. The molecule has 1 aromatic heterocycles. The van der Waals surface area contributed by atoms with Gasteiger partial charge >= 0.3 is 0 Å². The number of anilines is 2. The largest absolute Gasteiger partial charge is 0.390 e. The van der Waals surface area contributed by atoms with E-state index in [0.717, 1.165) is 25.9 Å². The van der Waals surface area contributed by atoms with Gasteiger partial charge in [0, 0.05) is 13.1 Å². The predicted molar refractivity (Wildman–Crippen MR) is 66.8 cm³/mol. The molecule has 0 aromatic carbocycles. The Bertz CT molecular complexity index is 442. The van der Waals surface area contributed by atoms with E-state index in [4.69, 9.17) is 16.7 Å². The van der Waals surface area contributed by atoms with Crippen LogP contribution in [0.3, 0.4) is 0 Å². The van der Waals surface area contributed by atoms with Crippen LogP contribution < -0.4 is 10.2 Å². The molecule has 0 bridgehead atoms. The lowest BCUT2D eigenvalue weighted by atomic mass is 10.3. The molecule has 9 heteroatoms. The molecular formula is C10H14ClF2N5O. The number of hydrogen-bond donors (Lipinski definition) is 2. The average Bonchev–Trinajstić information content (AvgIpc) is 2.90. The lowest BCUT2D eigenvalue weighted by Gasteiger charge is -2.17. The summed E-state index contributed by atoms with van der Waals surface area (Å²) >= 11 is 5.75. The molecule has 1 aromatic rings. The molecule has 1 saturated heterocycles. The van der Waals surface area contributed by atoms with E-state index in [2.05, 4.69) is 20.3 Å². The summed E-state index contributed by atoms with van der Waals surface area (Å²) in [5.41, 5.74) is 0. The fraction of sp³-hybridized carbons (Fsp3) is 0.700. The Balaban J connectivity index is 2.08. The Morgan fingerprint density at radius 2 is 1.95 bits per heavy atom. The van der Waals surface area contributed by atoms with Crippen molar-refractivity contribution in [2.24, 2.45) is 0 Å². The number of nitrogens with zero attached hydrogens (tertiary/aromatic N) is 4. The third kappa shape index (κ3) is 3.84. The number of nitrogens with one attached hydrogen (secondary N) is 1. The van der Waals surface area contributed by atoms with Crippen LogP contribution in [-0.2, 0) is 0 Å². The SMILES string of the molecule is OCC(F)(F)CNc1nc(Cl)nc(N2CCCC2)n1. The first-order valence-corrected chi connectivity index (χ1v) is 6.27. The van der Waals surface area contributed by atoms with Gasteiger partial charge < -0.3 is 15.3 Å². The van der Waals surface area contributed by atoms with Crippen molar-refractivity contribution in [3.05, 3.63) is 5.28 Å². The van der Waals surface area contributed by atoms with Crippen molar-refractivity contribution in [1.82, 2.24) is 15.0 Å². The summed E-state index contributed by atoms with van der Waals surface area (Å²) in [6.07, 6.45) is 2.07. The topological polar surface area (TPSA) is 74.2 Å². The molecule has 0 atom stereocenters. The van der Waals surface area contributed by atoms with Crippen LogP contribution in [0.15, 0.2) is 0 Å². The van der Waals surface area contributed by atoms with Gasteiger partial charge in [0.05, 0.1) is 6.54 Å². The molecule has 2 rings (SSSR count). The molecule has 1 fully saturated rings. The normalized spacial score (nSPS) is 15.9. The van der Waals surface area contributed by atoms with Crippen LogP contribution in [0.4, 0.5) is 20.7 Å². The molecule has 19 heavy (non-hydrogen) atoms. The first kappa shape index (κ1) is 14.1. The summed E-state index contributed by atoms with van der Waals surface area (Å²) in [6.45, 7) is -0.375. The van der Waals surface area contributed by atoms with Gasteiger partial charge in [0.15, 0.2) is 0 Å². The quantitative estimate of drug-likeness (QED) is 0.849. The van der Waals surface area contributed by atoms with E-state index in [-0.39, 0.29) is 11.2 Å². The minimum atomic E-state index is -3.23. The number of aliphatic hydroxyl groups is 1. The van der Waals surface area contributed by atoms with Gasteiger partial charge in [-0.05, 0) is 24.4 Å². The summed E-state index contributed by atoms with van der Waals surface area (Å²) < 4.78 is 25.8. The fourth-order valence-electron chi connectivity index (χ4n) is 1.74. The van der Waals surface area contributed by atoms with Crippen molar-refractivity contribution in [2.45, 2.75) is 18.8 Å². The molecule has 2 N–H and O–H groups in total. The fourth-order valence-corrected chi connectivity index (χ4v) is 1.90. The van der Waals surface area contributed by atoms with Crippen molar-refractivity contribution in [1.29, 1.82) is 0 Å². The van der Waals surface area contributed by atoms with E-state index >= 15 is 0 Å². The molecule has 0 radical (unpaired) electrons. The molecule has 0 unspecified atom stereocenters. The number of rotatable bonds is 5. The summed E-state index contributed by atoms with van der Waals surface area (Å²) in [4.78, 5) is 13.7. The first-order chi connectivity index (χ1) is 9.00. The predicted octanol–water partition coefficient (Wildman–Crippen LogP) is 1.16. The summed E-state index contributed by atoms with van der Waals surface area (Å²) in [7, 11) is 0. The zero-order chi connectivity index (χ0) is 13.9. The van der Waals surface area contributed by atoms with Crippen LogP contribution in [0, 0.1) is 0 Å². The summed E-state index contributed by atoms with van der Waals surface area (Å²) in [5, 5.41) is 10.8. The lowest BCUT2D eigenvalue weighted by molar-refractivity contribution is -0.0374. The Kier molecular flexibility index (Phi) is 4.31. The van der Waals surface area contributed by atoms with Crippen molar-refractivity contribution < 1.29 is 13.9 Å². The summed E-state index contributed by atoms with van der Waals surface area (Å²) in [5.74, 6) is -2.87. The number of alkyl halides is 2. The molecule has 0 spiro atoms. The van der Waals surface area contributed by atoms with Crippen molar-refractivity contribution in [3.63, 3.8) is 0 Å². The van der Waals surface area contributed by atoms with Crippen molar-refractivity contribution in [3.8, 4) is 0 Å². The average molecular weight is 294 g/mol. The second-order valence-corrected chi connectivity index (χ2v) is 4.63. The van der Waals surface area contributed by atoms with Crippen LogP contribution in [0.25, 0.3) is 0 Å². The Morgan fingerprint density at radius 1 is 1.26 bits per heavy atom. The van der Waals surface area contributed by atoms with Crippen LogP contribution in [0.5, 0.6) is 0 Å². The van der Waals surface area contributed by atoms with Gasteiger partial charge in [-0.3, -0.25) is 0 Å². The molecule has 2 heterocycles. The molecule has 1 aliphatic heterocycles. The highest BCUT2D eigenvalue weighted by Gasteiger charge is 2.28. The number of halogens is 3. The van der Waals surface area contributed by atoms with Gasteiger partial charge in [-0.25, -0.2) is 8.78 Å². The van der Waals surface area contributed by atoms with Gasteiger partial charge in [-0.15, -0.1) is 0 Å². The standard InChI is InChI=1S/C10H14ClF2N5O/c11-7-15-8(14-5-10(12,13)6-19)17-9(16-7)18-3-1-2-4-18/h19H,1-6H2,(H,14,15,16,17). The van der Waals surface area contributed by atoms with Crippen molar-refractivity contribution in [2.75, 3.05) is 36.5 Å². The van der Waals surface area contributed by atoms with E-state index in [1.807, 2.05) is 4.90 Å². The second kappa shape index (κ2) is 5.79. The second-order valence-electron chi connectivity index (χ2n) is 4.29. The number of aromatic nitrogens is 3. The van der Waals surface area contributed by atoms with E-state index in [1.54, 1.807) is 0 Å². The molecule has 0 aliphatic carbocycles. The Labute approximate surface area is 113 Å².